The van der Waals surface area contributed by atoms with Crippen LogP contribution in [0.15, 0.2) is 30.0 Å². The molecule has 0 aliphatic rings. The van der Waals surface area contributed by atoms with Gasteiger partial charge >= 0.3 is 0 Å². The summed E-state index contributed by atoms with van der Waals surface area (Å²) in [6, 6.07) is 5.74. The Morgan fingerprint density at radius 1 is 1.60 bits per heavy atom. The van der Waals surface area contributed by atoms with E-state index in [1.807, 2.05) is 12.1 Å². The van der Waals surface area contributed by atoms with Crippen molar-refractivity contribution in [1.29, 1.82) is 5.26 Å². The lowest BCUT2D eigenvalue weighted by atomic mass is 10.2. The quantitative estimate of drug-likeness (QED) is 0.598. The summed E-state index contributed by atoms with van der Waals surface area (Å²) < 4.78 is 0. The highest BCUT2D eigenvalue weighted by molar-refractivity contribution is 5.25. The van der Waals surface area contributed by atoms with Gasteiger partial charge in [-0.1, -0.05) is 11.6 Å². The maximum Gasteiger partial charge on any atom is 0.140 e. The monoisotopic (exact) mass is 201 g/mol. The van der Waals surface area contributed by atoms with Crippen LogP contribution in [0.3, 0.4) is 0 Å². The number of pyridine rings is 1. The first-order valence-electron chi connectivity index (χ1n) is 4.91. The Balaban J connectivity index is 2.44. The van der Waals surface area contributed by atoms with E-state index >= 15 is 0 Å². The van der Waals surface area contributed by atoms with Gasteiger partial charge in [0, 0.05) is 19.3 Å². The fourth-order valence-electron chi connectivity index (χ4n) is 1.14. The SMILES string of the molecule is CC(C)=CCNCc1ccnc(C#N)c1. The van der Waals surface area contributed by atoms with Gasteiger partial charge in [-0.25, -0.2) is 4.98 Å². The van der Waals surface area contributed by atoms with Crippen LogP contribution < -0.4 is 5.32 Å². The molecule has 0 fully saturated rings. The van der Waals surface area contributed by atoms with Crippen molar-refractivity contribution in [2.24, 2.45) is 0 Å². The summed E-state index contributed by atoms with van der Waals surface area (Å²) in [6.07, 6.45) is 3.79. The van der Waals surface area contributed by atoms with Crippen molar-refractivity contribution in [3.8, 4) is 6.07 Å². The van der Waals surface area contributed by atoms with Crippen LogP contribution in [0.25, 0.3) is 0 Å². The molecule has 0 saturated heterocycles. The Morgan fingerprint density at radius 2 is 2.40 bits per heavy atom. The normalized spacial score (nSPS) is 9.40. The Labute approximate surface area is 90.5 Å². The van der Waals surface area contributed by atoms with E-state index < -0.39 is 0 Å². The van der Waals surface area contributed by atoms with Gasteiger partial charge in [0.1, 0.15) is 11.8 Å². The third-order valence-electron chi connectivity index (χ3n) is 1.92. The van der Waals surface area contributed by atoms with Crippen LogP contribution in [0.2, 0.25) is 0 Å². The molecule has 15 heavy (non-hydrogen) atoms. The highest BCUT2D eigenvalue weighted by atomic mass is 14.8. The topological polar surface area (TPSA) is 48.7 Å². The minimum absolute atomic E-state index is 0.469. The second kappa shape index (κ2) is 5.94. The molecule has 3 heteroatoms. The molecule has 0 saturated carbocycles. The van der Waals surface area contributed by atoms with Crippen molar-refractivity contribution >= 4 is 0 Å². The molecular weight excluding hydrogens is 186 g/mol. The number of hydrogen-bond acceptors (Lipinski definition) is 3. The van der Waals surface area contributed by atoms with E-state index in [4.69, 9.17) is 5.26 Å². The van der Waals surface area contributed by atoms with Crippen molar-refractivity contribution in [2.75, 3.05) is 6.54 Å². The standard InChI is InChI=1S/C12H15N3/c1-10(2)3-5-14-9-11-4-6-15-12(7-11)8-13/h3-4,6-7,14H,5,9H2,1-2H3. The Hall–Kier alpha value is -1.66. The number of rotatable bonds is 4. The maximum atomic E-state index is 8.66. The van der Waals surface area contributed by atoms with Crippen molar-refractivity contribution in [1.82, 2.24) is 10.3 Å². The van der Waals surface area contributed by atoms with E-state index in [0.717, 1.165) is 18.7 Å². The van der Waals surface area contributed by atoms with Gasteiger partial charge in [0.25, 0.3) is 0 Å². The van der Waals surface area contributed by atoms with E-state index in [0.29, 0.717) is 5.69 Å². The molecule has 1 aromatic heterocycles. The second-order valence-corrected chi connectivity index (χ2v) is 3.57. The van der Waals surface area contributed by atoms with Gasteiger partial charge in [0.2, 0.25) is 0 Å². The Morgan fingerprint density at radius 3 is 3.07 bits per heavy atom. The average Bonchev–Trinajstić information content (AvgIpc) is 2.24. The molecule has 1 aromatic rings. The van der Waals surface area contributed by atoms with Gasteiger partial charge < -0.3 is 5.32 Å². The fourth-order valence-corrected chi connectivity index (χ4v) is 1.14. The van der Waals surface area contributed by atoms with Gasteiger partial charge in [0.05, 0.1) is 0 Å². The molecule has 0 amide bonds. The molecule has 0 atom stereocenters. The minimum Gasteiger partial charge on any atom is -0.309 e. The molecule has 1 N–H and O–H groups in total. The van der Waals surface area contributed by atoms with E-state index in [9.17, 15) is 0 Å². The van der Waals surface area contributed by atoms with Crippen LogP contribution in [0, 0.1) is 11.3 Å². The first-order valence-corrected chi connectivity index (χ1v) is 4.91. The number of allylic oxidation sites excluding steroid dienone is 1. The third kappa shape index (κ3) is 4.39. The summed E-state index contributed by atoms with van der Waals surface area (Å²) in [5.74, 6) is 0. The summed E-state index contributed by atoms with van der Waals surface area (Å²) in [7, 11) is 0. The Kier molecular flexibility index (Phi) is 4.52. The van der Waals surface area contributed by atoms with Crippen molar-refractivity contribution in [3.05, 3.63) is 41.2 Å². The van der Waals surface area contributed by atoms with Crippen LogP contribution >= 0.6 is 0 Å². The predicted molar refractivity (Wildman–Crippen MR) is 60.1 cm³/mol. The molecule has 0 bridgehead atoms. The van der Waals surface area contributed by atoms with Crippen LogP contribution in [0.4, 0.5) is 0 Å². The summed E-state index contributed by atoms with van der Waals surface area (Å²) in [5.41, 5.74) is 2.86. The van der Waals surface area contributed by atoms with Crippen molar-refractivity contribution in [3.63, 3.8) is 0 Å². The highest BCUT2D eigenvalue weighted by Gasteiger charge is 1.94. The molecular formula is C12H15N3. The number of aromatic nitrogens is 1. The minimum atomic E-state index is 0.469. The molecule has 1 heterocycles. The van der Waals surface area contributed by atoms with Crippen molar-refractivity contribution < 1.29 is 0 Å². The average molecular weight is 201 g/mol. The van der Waals surface area contributed by atoms with E-state index in [-0.39, 0.29) is 0 Å². The number of nitrogens with zero attached hydrogens (tertiary/aromatic N) is 2. The molecule has 0 aliphatic heterocycles. The molecule has 1 rings (SSSR count). The van der Waals surface area contributed by atoms with Crippen molar-refractivity contribution in [2.45, 2.75) is 20.4 Å². The number of nitrogens with one attached hydrogen (secondary N) is 1. The van der Waals surface area contributed by atoms with Gasteiger partial charge in [-0.2, -0.15) is 5.26 Å². The molecule has 78 valence electrons. The number of hydrogen-bond donors (Lipinski definition) is 1. The lowest BCUT2D eigenvalue weighted by molar-refractivity contribution is 0.755. The van der Waals surface area contributed by atoms with Crippen LogP contribution in [0.5, 0.6) is 0 Å². The zero-order valence-electron chi connectivity index (χ0n) is 9.12. The molecule has 0 aromatic carbocycles. The third-order valence-corrected chi connectivity index (χ3v) is 1.92. The zero-order chi connectivity index (χ0) is 11.1. The van der Waals surface area contributed by atoms with Gasteiger partial charge in [-0.15, -0.1) is 0 Å². The van der Waals surface area contributed by atoms with Crippen LogP contribution in [-0.2, 0) is 6.54 Å². The first kappa shape index (κ1) is 11.4. The maximum absolute atomic E-state index is 8.66. The smallest absolute Gasteiger partial charge is 0.140 e. The summed E-state index contributed by atoms with van der Waals surface area (Å²) >= 11 is 0. The molecule has 3 nitrogen and oxygen atoms in total. The Bertz CT molecular complexity index is 384. The molecule has 0 radical (unpaired) electrons. The van der Waals surface area contributed by atoms with Gasteiger partial charge in [0.15, 0.2) is 0 Å². The summed E-state index contributed by atoms with van der Waals surface area (Å²) in [5, 5.41) is 11.9. The fraction of sp³-hybridized carbons (Fsp3) is 0.333. The summed E-state index contributed by atoms with van der Waals surface area (Å²) in [6.45, 7) is 5.76. The van der Waals surface area contributed by atoms with E-state index in [2.05, 4.69) is 30.2 Å². The lowest BCUT2D eigenvalue weighted by Crippen LogP contribution is -2.13. The predicted octanol–water partition coefficient (Wildman–Crippen LogP) is 2.01. The molecule has 0 aliphatic carbocycles. The van der Waals surface area contributed by atoms with Gasteiger partial charge in [-0.05, 0) is 31.5 Å². The van der Waals surface area contributed by atoms with Crippen LogP contribution in [-0.4, -0.2) is 11.5 Å². The molecule has 0 unspecified atom stereocenters. The summed E-state index contributed by atoms with van der Waals surface area (Å²) in [4.78, 5) is 3.91. The lowest BCUT2D eigenvalue weighted by Gasteiger charge is -2.02. The zero-order valence-corrected chi connectivity index (χ0v) is 9.12. The van der Waals surface area contributed by atoms with Crippen LogP contribution in [0.1, 0.15) is 25.1 Å². The molecule has 0 spiro atoms. The van der Waals surface area contributed by atoms with E-state index in [1.54, 1.807) is 12.3 Å². The number of nitriles is 1. The highest BCUT2D eigenvalue weighted by Crippen LogP contribution is 2.00. The largest absolute Gasteiger partial charge is 0.309 e. The van der Waals surface area contributed by atoms with E-state index in [1.165, 1.54) is 5.57 Å². The van der Waals surface area contributed by atoms with Gasteiger partial charge in [-0.3, -0.25) is 0 Å². The first-order chi connectivity index (χ1) is 7.22. The second-order valence-electron chi connectivity index (χ2n) is 3.57.